The van der Waals surface area contributed by atoms with Crippen molar-refractivity contribution < 1.29 is 28.7 Å². The van der Waals surface area contributed by atoms with Crippen molar-refractivity contribution in [1.29, 1.82) is 0 Å². The van der Waals surface area contributed by atoms with Crippen LogP contribution in [0, 0.1) is 0 Å². The molecule has 138 valence electrons. The van der Waals surface area contributed by atoms with Crippen molar-refractivity contribution in [2.24, 2.45) is 0 Å². The first-order valence-electron chi connectivity index (χ1n) is 8.32. The van der Waals surface area contributed by atoms with Crippen LogP contribution in [0.15, 0.2) is 30.3 Å². The molecule has 0 bridgehead atoms. The first-order chi connectivity index (χ1) is 11.5. The van der Waals surface area contributed by atoms with Gasteiger partial charge >= 0.3 is 11.9 Å². The van der Waals surface area contributed by atoms with Gasteiger partial charge in [0.05, 0.1) is 33.5 Å². The Morgan fingerprint density at radius 2 is 1.72 bits per heavy atom. The fraction of sp³-hybridized carbons (Fsp3) is 0.526. The summed E-state index contributed by atoms with van der Waals surface area (Å²) in [4.78, 5) is 36.4. The molecule has 0 aliphatic rings. The first kappa shape index (κ1) is 20.8. The lowest BCUT2D eigenvalue weighted by Gasteiger charge is -2.37. The summed E-state index contributed by atoms with van der Waals surface area (Å²) in [5, 5.41) is 9.27. The molecule has 0 spiro atoms. The van der Waals surface area contributed by atoms with Gasteiger partial charge in [-0.15, -0.1) is 0 Å². The predicted molar refractivity (Wildman–Crippen MR) is 94.1 cm³/mol. The van der Waals surface area contributed by atoms with Crippen molar-refractivity contribution >= 4 is 17.7 Å². The zero-order valence-corrected chi connectivity index (χ0v) is 15.6. The number of Topliss-reactive ketones (excluding diaryl/α,β-unsaturated/α-hetero) is 1. The van der Waals surface area contributed by atoms with E-state index in [-0.39, 0.29) is 6.54 Å². The molecule has 1 unspecified atom stereocenters. The van der Waals surface area contributed by atoms with E-state index in [0.717, 1.165) is 5.56 Å². The molecule has 0 radical (unpaired) electrons. The summed E-state index contributed by atoms with van der Waals surface area (Å²) in [5.41, 5.74) is -0.892. The molecule has 0 amide bonds. The highest BCUT2D eigenvalue weighted by atomic mass is 16.6. The highest BCUT2D eigenvalue weighted by Gasteiger charge is 2.47. The maximum atomic E-state index is 12.8. The highest BCUT2D eigenvalue weighted by Crippen LogP contribution is 2.28. The summed E-state index contributed by atoms with van der Waals surface area (Å²) >= 11 is 0. The summed E-state index contributed by atoms with van der Waals surface area (Å²) in [6.45, 7) is 3.21. The first-order valence-corrected chi connectivity index (χ1v) is 8.32. The lowest BCUT2D eigenvalue weighted by Crippen LogP contribution is -2.56. The summed E-state index contributed by atoms with van der Waals surface area (Å²) in [6.07, 6.45) is -0.0525. The molecular formula is C19H28NO5+. The summed E-state index contributed by atoms with van der Waals surface area (Å²) in [6, 6.07) is 9.15. The van der Waals surface area contributed by atoms with Gasteiger partial charge in [-0.1, -0.05) is 37.3 Å². The van der Waals surface area contributed by atoms with E-state index in [9.17, 15) is 19.5 Å². The molecule has 0 saturated carbocycles. The van der Waals surface area contributed by atoms with Crippen LogP contribution < -0.4 is 0 Å². The minimum Gasteiger partial charge on any atom is -0.481 e. The van der Waals surface area contributed by atoms with Gasteiger partial charge in [0.2, 0.25) is 5.60 Å². The molecule has 0 fully saturated rings. The third-order valence-electron chi connectivity index (χ3n) is 4.00. The summed E-state index contributed by atoms with van der Waals surface area (Å²) in [7, 11) is 5.46. The standard InChI is InChI=1S/C19H27NO5/c1-6-16(15-10-8-7-9-11-15)18(24)25-19(14(2)21,12-17(22)23)13-20(3,4)5/h7-11,16H,6,12-13H2,1-5H3/p+1/t16?,19-/m1/s1. The Bertz CT molecular complexity index is 620. The van der Waals surface area contributed by atoms with Crippen LogP contribution in [0.1, 0.15) is 38.2 Å². The lowest BCUT2D eigenvalue weighted by atomic mass is 9.91. The molecule has 0 aliphatic heterocycles. The number of carbonyl (C=O) groups excluding carboxylic acids is 2. The van der Waals surface area contributed by atoms with Crippen molar-refractivity contribution in [1.82, 2.24) is 0 Å². The Labute approximate surface area is 149 Å². The molecule has 1 aromatic rings. The van der Waals surface area contributed by atoms with Gasteiger partial charge in [0.25, 0.3) is 0 Å². The predicted octanol–water partition coefficient (Wildman–Crippen LogP) is 2.23. The smallest absolute Gasteiger partial charge is 0.314 e. The number of nitrogens with zero attached hydrogens (tertiary/aromatic N) is 1. The molecule has 0 aromatic heterocycles. The van der Waals surface area contributed by atoms with Crippen LogP contribution in [0.4, 0.5) is 0 Å². The lowest BCUT2D eigenvalue weighted by molar-refractivity contribution is -0.875. The highest BCUT2D eigenvalue weighted by molar-refractivity contribution is 5.92. The molecule has 0 aliphatic carbocycles. The van der Waals surface area contributed by atoms with E-state index in [1.165, 1.54) is 6.92 Å². The SMILES string of the molecule is CCC(C(=O)O[C@](CC(=O)O)(C[N+](C)(C)C)C(C)=O)c1ccccc1. The Balaban J connectivity index is 3.20. The molecule has 25 heavy (non-hydrogen) atoms. The van der Waals surface area contributed by atoms with Crippen LogP contribution in [0.3, 0.4) is 0 Å². The van der Waals surface area contributed by atoms with Crippen LogP contribution in [-0.2, 0) is 19.1 Å². The minimum absolute atomic E-state index is 0.0889. The number of aliphatic carboxylic acids is 1. The maximum absolute atomic E-state index is 12.8. The molecule has 0 saturated heterocycles. The van der Waals surface area contributed by atoms with Crippen molar-refractivity contribution in [3.63, 3.8) is 0 Å². The van der Waals surface area contributed by atoms with Gasteiger partial charge in [-0.25, -0.2) is 0 Å². The molecule has 1 N–H and O–H groups in total. The van der Waals surface area contributed by atoms with Gasteiger partial charge in [-0.05, 0) is 18.9 Å². The third kappa shape index (κ3) is 5.98. The van der Waals surface area contributed by atoms with Crippen LogP contribution >= 0.6 is 0 Å². The van der Waals surface area contributed by atoms with E-state index in [2.05, 4.69) is 0 Å². The molecule has 0 heterocycles. The zero-order valence-electron chi connectivity index (χ0n) is 15.6. The molecule has 1 aromatic carbocycles. The number of ketones is 1. The minimum atomic E-state index is -1.68. The van der Waals surface area contributed by atoms with Gasteiger partial charge in [0, 0.05) is 0 Å². The van der Waals surface area contributed by atoms with Crippen molar-refractivity contribution in [2.45, 2.75) is 38.2 Å². The number of carboxylic acid groups (broad SMARTS) is 1. The number of hydrogen-bond acceptors (Lipinski definition) is 4. The quantitative estimate of drug-likeness (QED) is 0.546. The topological polar surface area (TPSA) is 80.7 Å². The number of rotatable bonds is 9. The number of carboxylic acids is 1. The number of likely N-dealkylation sites (N-methyl/N-ethyl adjacent to an activating group) is 1. The van der Waals surface area contributed by atoms with E-state index in [0.29, 0.717) is 10.9 Å². The number of benzene rings is 1. The fourth-order valence-electron chi connectivity index (χ4n) is 2.93. The Kier molecular flexibility index (Phi) is 6.87. The average molecular weight is 350 g/mol. The van der Waals surface area contributed by atoms with Crippen LogP contribution in [-0.4, -0.2) is 60.6 Å². The van der Waals surface area contributed by atoms with Gasteiger partial charge in [0.1, 0.15) is 6.54 Å². The Hall–Kier alpha value is -2.21. The number of esters is 1. The summed E-state index contributed by atoms with van der Waals surface area (Å²) < 4.78 is 5.90. The van der Waals surface area contributed by atoms with Gasteiger partial charge in [0.15, 0.2) is 5.78 Å². The van der Waals surface area contributed by atoms with Gasteiger partial charge in [-0.2, -0.15) is 0 Å². The Morgan fingerprint density at radius 1 is 1.16 bits per heavy atom. The molecular weight excluding hydrogens is 322 g/mol. The number of hydrogen-bond donors (Lipinski definition) is 1. The van der Waals surface area contributed by atoms with E-state index in [1.807, 2.05) is 58.4 Å². The van der Waals surface area contributed by atoms with E-state index in [4.69, 9.17) is 4.74 Å². The Morgan fingerprint density at radius 3 is 2.12 bits per heavy atom. The summed E-state index contributed by atoms with van der Waals surface area (Å²) in [5.74, 6) is -2.75. The van der Waals surface area contributed by atoms with E-state index in [1.54, 1.807) is 0 Å². The zero-order chi connectivity index (χ0) is 19.3. The van der Waals surface area contributed by atoms with Crippen molar-refractivity contribution in [2.75, 3.05) is 27.7 Å². The van der Waals surface area contributed by atoms with Gasteiger partial charge < -0.3 is 14.3 Å². The molecule has 6 nitrogen and oxygen atoms in total. The molecule has 2 atom stereocenters. The average Bonchev–Trinajstić information content (AvgIpc) is 2.46. The maximum Gasteiger partial charge on any atom is 0.314 e. The second-order valence-corrected chi connectivity index (χ2v) is 7.36. The van der Waals surface area contributed by atoms with Crippen LogP contribution in [0.2, 0.25) is 0 Å². The number of carbonyl (C=O) groups is 3. The van der Waals surface area contributed by atoms with Crippen molar-refractivity contribution in [3.05, 3.63) is 35.9 Å². The van der Waals surface area contributed by atoms with Crippen LogP contribution in [0.25, 0.3) is 0 Å². The molecule has 1 rings (SSSR count). The number of ether oxygens (including phenoxy) is 1. The van der Waals surface area contributed by atoms with E-state index < -0.39 is 35.7 Å². The third-order valence-corrected chi connectivity index (χ3v) is 4.00. The largest absolute Gasteiger partial charge is 0.481 e. The second kappa shape index (κ2) is 8.25. The van der Waals surface area contributed by atoms with Crippen molar-refractivity contribution in [3.8, 4) is 0 Å². The monoisotopic (exact) mass is 350 g/mol. The normalized spacial score (nSPS) is 15.1. The van der Waals surface area contributed by atoms with Crippen LogP contribution in [0.5, 0.6) is 0 Å². The molecule has 6 heteroatoms. The second-order valence-electron chi connectivity index (χ2n) is 7.36. The van der Waals surface area contributed by atoms with Gasteiger partial charge in [-0.3, -0.25) is 14.4 Å². The number of quaternary nitrogens is 1. The fourth-order valence-corrected chi connectivity index (χ4v) is 2.93. The van der Waals surface area contributed by atoms with E-state index >= 15 is 0 Å².